The molecule has 0 unspecified atom stereocenters. The van der Waals surface area contributed by atoms with E-state index in [0.717, 1.165) is 16.8 Å². The van der Waals surface area contributed by atoms with Crippen LogP contribution in [0.2, 0.25) is 0 Å². The van der Waals surface area contributed by atoms with E-state index in [4.69, 9.17) is 9.47 Å². The molecule has 152 valence electrons. The largest absolute Gasteiger partial charge is 0.477 e. The van der Waals surface area contributed by atoms with E-state index in [9.17, 15) is 14.9 Å². The van der Waals surface area contributed by atoms with Crippen molar-refractivity contribution in [2.75, 3.05) is 25.6 Å². The van der Waals surface area contributed by atoms with Crippen LogP contribution >= 0.6 is 0 Å². The second-order valence-electron chi connectivity index (χ2n) is 6.83. The first kappa shape index (κ1) is 20.1. The van der Waals surface area contributed by atoms with Crippen molar-refractivity contribution in [3.8, 4) is 5.75 Å². The third-order valence-corrected chi connectivity index (χ3v) is 4.37. The third-order valence-electron chi connectivity index (χ3n) is 4.37. The Morgan fingerprint density at radius 1 is 1.28 bits per heavy atom. The van der Waals surface area contributed by atoms with Crippen molar-refractivity contribution in [1.29, 1.82) is 0 Å². The monoisotopic (exact) mass is 398 g/mol. The maximum absolute atomic E-state index is 12.0. The Balaban J connectivity index is 1.76. The minimum Gasteiger partial charge on any atom is -0.477 e. The summed E-state index contributed by atoms with van der Waals surface area (Å²) in [6, 6.07) is 12.2. The Labute approximate surface area is 168 Å². The van der Waals surface area contributed by atoms with Crippen molar-refractivity contribution in [3.63, 3.8) is 0 Å². The number of hydrogen-bond donors (Lipinski definition) is 0. The van der Waals surface area contributed by atoms with Crippen LogP contribution in [0, 0.1) is 17.0 Å². The summed E-state index contributed by atoms with van der Waals surface area (Å²) in [5.41, 5.74) is 2.38. The quantitative estimate of drug-likeness (QED) is 0.547. The number of nitrogens with zero attached hydrogens (tertiary/aromatic N) is 4. The van der Waals surface area contributed by atoms with Gasteiger partial charge in [0, 0.05) is 38.3 Å². The zero-order chi connectivity index (χ0) is 21.1. The Bertz CT molecular complexity index is 956. The summed E-state index contributed by atoms with van der Waals surface area (Å²) in [4.78, 5) is 24.7. The van der Waals surface area contributed by atoms with Crippen molar-refractivity contribution in [2.45, 2.75) is 20.1 Å². The number of nitro groups is 1. The molecule has 29 heavy (non-hydrogen) atoms. The molecule has 9 heteroatoms. The highest BCUT2D eigenvalue weighted by atomic mass is 16.6. The second-order valence-corrected chi connectivity index (χ2v) is 6.83. The fourth-order valence-corrected chi connectivity index (χ4v) is 2.85. The molecule has 0 saturated heterocycles. The molecule has 0 N–H and O–H groups in total. The van der Waals surface area contributed by atoms with Crippen molar-refractivity contribution in [3.05, 3.63) is 63.7 Å². The molecule has 2 aromatic carbocycles. The van der Waals surface area contributed by atoms with E-state index in [2.05, 4.69) is 5.10 Å². The van der Waals surface area contributed by atoms with Crippen LogP contribution in [-0.2, 0) is 9.53 Å². The lowest BCUT2D eigenvalue weighted by Gasteiger charge is -2.20. The van der Waals surface area contributed by atoms with Crippen LogP contribution in [0.25, 0.3) is 0 Å². The Morgan fingerprint density at radius 3 is 2.55 bits per heavy atom. The van der Waals surface area contributed by atoms with Gasteiger partial charge in [0.05, 0.1) is 4.92 Å². The highest BCUT2D eigenvalue weighted by molar-refractivity contribution is 5.83. The summed E-state index contributed by atoms with van der Waals surface area (Å²) >= 11 is 0. The molecule has 1 amide bonds. The fraction of sp³-hybridized carbons (Fsp3) is 0.300. The van der Waals surface area contributed by atoms with E-state index in [1.807, 2.05) is 43.3 Å². The standard InChI is InChI=1S/C20H22N4O5/c1-13-5-10-18(17(11-13)24(26)27)28-12-19-21-23(14(2)25)20(29-19)15-6-8-16(9-7-15)22(3)4/h5-11,20H,12H2,1-4H3/t20-/m0/s1. The second kappa shape index (κ2) is 8.17. The lowest BCUT2D eigenvalue weighted by Crippen LogP contribution is -2.25. The number of amides is 1. The maximum Gasteiger partial charge on any atom is 0.311 e. The van der Waals surface area contributed by atoms with E-state index < -0.39 is 11.2 Å². The highest BCUT2D eigenvalue weighted by Crippen LogP contribution is 2.31. The lowest BCUT2D eigenvalue weighted by molar-refractivity contribution is -0.385. The summed E-state index contributed by atoms with van der Waals surface area (Å²) in [6.07, 6.45) is -0.713. The van der Waals surface area contributed by atoms with Gasteiger partial charge < -0.3 is 14.4 Å². The molecule has 0 aliphatic carbocycles. The number of aryl methyl sites for hydroxylation is 1. The molecule has 0 saturated carbocycles. The minimum atomic E-state index is -0.713. The van der Waals surface area contributed by atoms with Crippen LogP contribution in [0.4, 0.5) is 11.4 Å². The van der Waals surface area contributed by atoms with Crippen LogP contribution in [0.15, 0.2) is 47.6 Å². The van der Waals surface area contributed by atoms with Gasteiger partial charge in [-0.3, -0.25) is 14.9 Å². The number of rotatable bonds is 6. The smallest absolute Gasteiger partial charge is 0.311 e. The van der Waals surface area contributed by atoms with E-state index >= 15 is 0 Å². The number of nitro benzene ring substituents is 1. The number of anilines is 1. The summed E-state index contributed by atoms with van der Waals surface area (Å²) in [5.74, 6) is -0.0141. The first-order valence-electron chi connectivity index (χ1n) is 8.95. The number of benzene rings is 2. The molecule has 9 nitrogen and oxygen atoms in total. The zero-order valence-electron chi connectivity index (χ0n) is 16.7. The zero-order valence-corrected chi connectivity index (χ0v) is 16.7. The van der Waals surface area contributed by atoms with Crippen LogP contribution in [-0.4, -0.2) is 42.4 Å². The van der Waals surface area contributed by atoms with E-state index in [0.29, 0.717) is 0 Å². The average Bonchev–Trinajstić information content (AvgIpc) is 3.11. The minimum absolute atomic E-state index is 0.111. The molecule has 1 heterocycles. The average molecular weight is 398 g/mol. The molecule has 0 fully saturated rings. The number of carbonyl (C=O) groups excluding carboxylic acids is 1. The molecule has 0 spiro atoms. The molecule has 1 aliphatic rings. The van der Waals surface area contributed by atoms with Gasteiger partial charge in [-0.2, -0.15) is 5.01 Å². The summed E-state index contributed by atoms with van der Waals surface area (Å²) in [6.45, 7) is 3.01. The summed E-state index contributed by atoms with van der Waals surface area (Å²) in [5, 5.41) is 16.6. The van der Waals surface area contributed by atoms with Gasteiger partial charge in [0.25, 0.3) is 0 Å². The van der Waals surface area contributed by atoms with Gasteiger partial charge in [-0.15, -0.1) is 5.10 Å². The van der Waals surface area contributed by atoms with Crippen LogP contribution < -0.4 is 9.64 Å². The third kappa shape index (κ3) is 4.45. The predicted molar refractivity (Wildman–Crippen MR) is 108 cm³/mol. The van der Waals surface area contributed by atoms with Crippen LogP contribution in [0.5, 0.6) is 5.75 Å². The first-order chi connectivity index (χ1) is 13.8. The number of hydrazone groups is 1. The van der Waals surface area contributed by atoms with E-state index in [1.165, 1.54) is 24.1 Å². The highest BCUT2D eigenvalue weighted by Gasteiger charge is 2.33. The van der Waals surface area contributed by atoms with Gasteiger partial charge in [0.1, 0.15) is 0 Å². The van der Waals surface area contributed by atoms with Gasteiger partial charge in [-0.05, 0) is 30.7 Å². The van der Waals surface area contributed by atoms with Crippen LogP contribution in [0.3, 0.4) is 0 Å². The number of hydrogen-bond acceptors (Lipinski definition) is 7. The van der Waals surface area contributed by atoms with Gasteiger partial charge >= 0.3 is 5.69 Å². The maximum atomic E-state index is 12.0. The van der Waals surface area contributed by atoms with Crippen molar-refractivity contribution < 1.29 is 19.2 Å². The molecule has 0 radical (unpaired) electrons. The summed E-state index contributed by atoms with van der Waals surface area (Å²) < 4.78 is 11.4. The van der Waals surface area contributed by atoms with Gasteiger partial charge in [-0.25, -0.2) is 0 Å². The number of carbonyl (C=O) groups is 1. The topological polar surface area (TPSA) is 97.5 Å². The molecular formula is C20H22N4O5. The molecule has 0 bridgehead atoms. The Kier molecular flexibility index (Phi) is 5.67. The van der Waals surface area contributed by atoms with Crippen molar-refractivity contribution in [1.82, 2.24) is 5.01 Å². The molecular weight excluding hydrogens is 376 g/mol. The Morgan fingerprint density at radius 2 is 1.97 bits per heavy atom. The van der Waals surface area contributed by atoms with Gasteiger partial charge in [0.2, 0.25) is 18.0 Å². The lowest BCUT2D eigenvalue weighted by atomic mass is 10.1. The molecule has 1 aliphatic heterocycles. The SMILES string of the molecule is CC(=O)N1N=C(COc2ccc(C)cc2[N+](=O)[O-])O[C@H]1c1ccc(N(C)C)cc1. The van der Waals surface area contributed by atoms with Gasteiger partial charge in [0.15, 0.2) is 12.4 Å². The molecule has 1 atom stereocenters. The van der Waals surface area contributed by atoms with Crippen molar-refractivity contribution in [2.24, 2.45) is 5.10 Å². The van der Waals surface area contributed by atoms with Crippen molar-refractivity contribution >= 4 is 23.2 Å². The molecule has 0 aromatic heterocycles. The first-order valence-corrected chi connectivity index (χ1v) is 8.95. The van der Waals surface area contributed by atoms with E-state index in [1.54, 1.807) is 13.0 Å². The van der Waals surface area contributed by atoms with E-state index in [-0.39, 0.29) is 29.8 Å². The van der Waals surface area contributed by atoms with Gasteiger partial charge in [-0.1, -0.05) is 18.2 Å². The molecule has 2 aromatic rings. The van der Waals surface area contributed by atoms with Crippen LogP contribution in [0.1, 0.15) is 24.3 Å². The Hall–Kier alpha value is -3.62. The number of ether oxygens (including phenoxy) is 2. The normalized spacial score (nSPS) is 15.5. The predicted octanol–water partition coefficient (Wildman–Crippen LogP) is 3.24. The molecule has 3 rings (SSSR count). The summed E-state index contributed by atoms with van der Waals surface area (Å²) in [7, 11) is 3.87. The fourth-order valence-electron chi connectivity index (χ4n) is 2.85.